The van der Waals surface area contributed by atoms with E-state index in [2.05, 4.69) is 5.32 Å². The molecule has 2 bridgehead atoms. The van der Waals surface area contributed by atoms with Gasteiger partial charge in [-0.1, -0.05) is 23.7 Å². The van der Waals surface area contributed by atoms with E-state index in [1.807, 2.05) is 23.1 Å². The first-order valence-corrected chi connectivity index (χ1v) is 8.01. The van der Waals surface area contributed by atoms with E-state index in [0.717, 1.165) is 19.5 Å². The molecule has 4 nitrogen and oxygen atoms in total. The van der Waals surface area contributed by atoms with Gasteiger partial charge in [-0.15, -0.1) is 12.4 Å². The number of halogens is 2. The minimum absolute atomic E-state index is 0. The van der Waals surface area contributed by atoms with Gasteiger partial charge >= 0.3 is 0 Å². The van der Waals surface area contributed by atoms with Crippen molar-refractivity contribution in [2.75, 3.05) is 19.7 Å². The Balaban J connectivity index is 0.00000176. The second kappa shape index (κ2) is 8.04. The molecular weight excluding hydrogens is 323 g/mol. The van der Waals surface area contributed by atoms with Crippen LogP contribution in [0.15, 0.2) is 24.3 Å². The highest BCUT2D eigenvalue weighted by atomic mass is 35.5. The summed E-state index contributed by atoms with van der Waals surface area (Å²) in [6.45, 7) is 2.07. The second-order valence-corrected chi connectivity index (χ2v) is 6.20. The van der Waals surface area contributed by atoms with E-state index in [0.29, 0.717) is 35.9 Å². The summed E-state index contributed by atoms with van der Waals surface area (Å²) in [6, 6.07) is 8.43. The molecule has 0 spiro atoms. The molecule has 2 saturated heterocycles. The molecule has 2 aliphatic rings. The molecule has 0 aromatic heterocycles. The molecule has 1 N–H and O–H groups in total. The van der Waals surface area contributed by atoms with Gasteiger partial charge in [-0.25, -0.2) is 0 Å². The minimum atomic E-state index is 0. The summed E-state index contributed by atoms with van der Waals surface area (Å²) < 4.78 is 5.60. The normalized spacial score (nSPS) is 23.6. The number of nitrogens with zero attached hydrogens (tertiary/aromatic N) is 1. The van der Waals surface area contributed by atoms with Gasteiger partial charge in [0.25, 0.3) is 0 Å². The lowest BCUT2D eigenvalue weighted by atomic mass is 10.1. The Bertz CT molecular complexity index is 513. The minimum Gasteiger partial charge on any atom is -0.491 e. The first-order chi connectivity index (χ1) is 10.2. The molecule has 6 heteroatoms. The Morgan fingerprint density at radius 2 is 2.05 bits per heavy atom. The first-order valence-electron chi connectivity index (χ1n) is 7.63. The van der Waals surface area contributed by atoms with Gasteiger partial charge in [-0.05, 0) is 31.4 Å². The van der Waals surface area contributed by atoms with Crippen molar-refractivity contribution in [1.82, 2.24) is 10.2 Å². The Labute approximate surface area is 142 Å². The van der Waals surface area contributed by atoms with Crippen LogP contribution in [0.5, 0.6) is 5.75 Å². The van der Waals surface area contributed by atoms with Crippen molar-refractivity contribution in [3.05, 3.63) is 29.3 Å². The van der Waals surface area contributed by atoms with Crippen LogP contribution >= 0.6 is 24.0 Å². The maximum Gasteiger partial charge on any atom is 0.226 e. The topological polar surface area (TPSA) is 41.6 Å². The summed E-state index contributed by atoms with van der Waals surface area (Å²) in [4.78, 5) is 14.3. The molecule has 2 atom stereocenters. The number of nitrogens with one attached hydrogen (secondary N) is 1. The number of ether oxygens (including phenoxy) is 1. The molecule has 122 valence electrons. The first kappa shape index (κ1) is 17.4. The largest absolute Gasteiger partial charge is 0.491 e. The molecule has 0 saturated carbocycles. The molecule has 3 rings (SSSR count). The molecule has 1 aromatic rings. The molecule has 2 fully saturated rings. The van der Waals surface area contributed by atoms with Crippen molar-refractivity contribution in [3.63, 3.8) is 0 Å². The summed E-state index contributed by atoms with van der Waals surface area (Å²) >= 11 is 6.02. The van der Waals surface area contributed by atoms with E-state index in [4.69, 9.17) is 16.3 Å². The highest BCUT2D eigenvalue weighted by Crippen LogP contribution is 2.23. The van der Waals surface area contributed by atoms with Crippen molar-refractivity contribution in [3.8, 4) is 5.75 Å². The standard InChI is InChI=1S/C16H21ClN2O2.ClH/c17-14-3-1-2-4-15(14)21-10-8-16(20)19-9-7-12-5-6-13(11-19)18-12;/h1-4,12-13,18H,5-11H2;1H. The van der Waals surface area contributed by atoms with Crippen LogP contribution in [-0.2, 0) is 4.79 Å². The van der Waals surface area contributed by atoms with Crippen LogP contribution < -0.4 is 10.1 Å². The number of carbonyl (C=O) groups excluding carboxylic acids is 1. The lowest BCUT2D eigenvalue weighted by Gasteiger charge is -2.24. The monoisotopic (exact) mass is 344 g/mol. The van der Waals surface area contributed by atoms with Gasteiger partial charge in [-0.2, -0.15) is 0 Å². The van der Waals surface area contributed by atoms with E-state index >= 15 is 0 Å². The van der Waals surface area contributed by atoms with Gasteiger partial charge < -0.3 is 15.0 Å². The number of likely N-dealkylation sites (tertiary alicyclic amines) is 1. The van der Waals surface area contributed by atoms with Crippen LogP contribution in [0.4, 0.5) is 0 Å². The number of carbonyl (C=O) groups is 1. The fourth-order valence-corrected chi connectivity index (χ4v) is 3.33. The van der Waals surface area contributed by atoms with E-state index in [9.17, 15) is 4.79 Å². The van der Waals surface area contributed by atoms with Crippen molar-refractivity contribution in [1.29, 1.82) is 0 Å². The fraction of sp³-hybridized carbons (Fsp3) is 0.562. The number of hydrogen-bond donors (Lipinski definition) is 1. The van der Waals surface area contributed by atoms with E-state index in [-0.39, 0.29) is 18.3 Å². The summed E-state index contributed by atoms with van der Waals surface area (Å²) in [5.74, 6) is 0.819. The van der Waals surface area contributed by atoms with Crippen molar-refractivity contribution < 1.29 is 9.53 Å². The highest BCUT2D eigenvalue weighted by molar-refractivity contribution is 6.32. The molecule has 1 aromatic carbocycles. The quantitative estimate of drug-likeness (QED) is 0.912. The molecule has 2 heterocycles. The molecule has 22 heavy (non-hydrogen) atoms. The van der Waals surface area contributed by atoms with Gasteiger partial charge in [0, 0.05) is 25.2 Å². The van der Waals surface area contributed by atoms with Gasteiger partial charge in [-0.3, -0.25) is 4.79 Å². The maximum atomic E-state index is 12.3. The predicted molar refractivity (Wildman–Crippen MR) is 90.0 cm³/mol. The zero-order valence-corrected chi connectivity index (χ0v) is 14.0. The molecule has 2 aliphatic heterocycles. The van der Waals surface area contributed by atoms with E-state index < -0.39 is 0 Å². The number of fused-ring (bicyclic) bond motifs is 2. The third-order valence-corrected chi connectivity index (χ3v) is 4.60. The lowest BCUT2D eigenvalue weighted by molar-refractivity contribution is -0.131. The van der Waals surface area contributed by atoms with Crippen LogP contribution in [0.2, 0.25) is 5.02 Å². The van der Waals surface area contributed by atoms with Crippen molar-refractivity contribution in [2.45, 2.75) is 37.8 Å². The zero-order chi connectivity index (χ0) is 14.7. The second-order valence-electron chi connectivity index (χ2n) is 5.80. The van der Waals surface area contributed by atoms with Gasteiger partial charge in [0.05, 0.1) is 18.1 Å². The zero-order valence-electron chi connectivity index (χ0n) is 12.5. The van der Waals surface area contributed by atoms with Crippen LogP contribution in [0.25, 0.3) is 0 Å². The summed E-state index contributed by atoms with van der Waals surface area (Å²) in [5.41, 5.74) is 0. The van der Waals surface area contributed by atoms with E-state index in [1.54, 1.807) is 6.07 Å². The van der Waals surface area contributed by atoms with E-state index in [1.165, 1.54) is 12.8 Å². The van der Waals surface area contributed by atoms with Gasteiger partial charge in [0.15, 0.2) is 0 Å². The van der Waals surface area contributed by atoms with Crippen LogP contribution in [-0.4, -0.2) is 42.6 Å². The summed E-state index contributed by atoms with van der Waals surface area (Å²) in [5, 5.41) is 4.17. The third kappa shape index (κ3) is 4.28. The Morgan fingerprint density at radius 1 is 1.27 bits per heavy atom. The molecule has 0 aliphatic carbocycles. The smallest absolute Gasteiger partial charge is 0.226 e. The summed E-state index contributed by atoms with van der Waals surface area (Å²) in [6.07, 6.45) is 3.91. The van der Waals surface area contributed by atoms with Crippen LogP contribution in [0.1, 0.15) is 25.7 Å². The average Bonchev–Trinajstić information content (AvgIpc) is 2.80. The van der Waals surface area contributed by atoms with Crippen molar-refractivity contribution >= 4 is 29.9 Å². The molecule has 2 unspecified atom stereocenters. The van der Waals surface area contributed by atoms with Crippen LogP contribution in [0, 0.1) is 0 Å². The molecular formula is C16H22Cl2N2O2. The number of rotatable bonds is 4. The fourth-order valence-electron chi connectivity index (χ4n) is 3.14. The number of para-hydroxylation sites is 1. The predicted octanol–water partition coefficient (Wildman–Crippen LogP) is 2.88. The SMILES string of the molecule is Cl.O=C(CCOc1ccccc1Cl)N1CCC2CCC(C1)N2. The summed E-state index contributed by atoms with van der Waals surface area (Å²) in [7, 11) is 0. The average molecular weight is 345 g/mol. The van der Waals surface area contributed by atoms with Crippen LogP contribution in [0.3, 0.4) is 0 Å². The molecule has 1 amide bonds. The number of benzene rings is 1. The van der Waals surface area contributed by atoms with Gasteiger partial charge in [0.2, 0.25) is 5.91 Å². The lowest BCUT2D eigenvalue weighted by Crippen LogP contribution is -2.39. The van der Waals surface area contributed by atoms with Crippen molar-refractivity contribution in [2.24, 2.45) is 0 Å². The number of hydrogen-bond acceptors (Lipinski definition) is 3. The Hall–Kier alpha value is -0.970. The Kier molecular flexibility index (Phi) is 6.36. The highest BCUT2D eigenvalue weighted by Gasteiger charge is 2.30. The maximum absolute atomic E-state index is 12.3. The van der Waals surface area contributed by atoms with Gasteiger partial charge in [0.1, 0.15) is 5.75 Å². The number of amides is 1. The molecule has 0 radical (unpaired) electrons. The Morgan fingerprint density at radius 3 is 2.86 bits per heavy atom. The third-order valence-electron chi connectivity index (χ3n) is 4.29.